The number of hydrogen-bond acceptors (Lipinski definition) is 3. The Hall–Kier alpha value is 0.0969. The van der Waals surface area contributed by atoms with Crippen LogP contribution in [-0.2, 0) is 13.3 Å². The van der Waals surface area contributed by atoms with E-state index in [0.717, 1.165) is 12.8 Å². The predicted molar refractivity (Wildman–Crippen MR) is 78.7 cm³/mol. The highest BCUT2D eigenvalue weighted by molar-refractivity contribution is 6.64. The standard InChI is InChI=1S/C14H32O3Si/c1-8-13(9-2)14(6,7)18(15-10-3,16-11-4)17-12-5/h13H,8-12H2,1-7H3. The minimum absolute atomic E-state index is 0.0431. The zero-order chi connectivity index (χ0) is 14.2. The van der Waals surface area contributed by atoms with Gasteiger partial charge in [-0.25, -0.2) is 0 Å². The van der Waals surface area contributed by atoms with Crippen molar-refractivity contribution in [2.75, 3.05) is 19.8 Å². The molecule has 110 valence electrons. The van der Waals surface area contributed by atoms with Gasteiger partial charge in [-0.05, 0) is 26.7 Å². The van der Waals surface area contributed by atoms with E-state index >= 15 is 0 Å². The summed E-state index contributed by atoms with van der Waals surface area (Å²) in [7, 11) is -2.63. The molecule has 0 aliphatic rings. The predicted octanol–water partition coefficient (Wildman–Crippen LogP) is 4.25. The molecule has 0 spiro atoms. The van der Waals surface area contributed by atoms with E-state index in [4.69, 9.17) is 13.3 Å². The summed E-state index contributed by atoms with van der Waals surface area (Å²) in [6.07, 6.45) is 2.26. The average Bonchev–Trinajstić information content (AvgIpc) is 2.31. The Morgan fingerprint density at radius 3 is 1.33 bits per heavy atom. The molecule has 0 N–H and O–H groups in total. The van der Waals surface area contributed by atoms with E-state index in [1.165, 1.54) is 0 Å². The highest BCUT2D eigenvalue weighted by atomic mass is 28.4. The van der Waals surface area contributed by atoms with Crippen molar-refractivity contribution in [2.24, 2.45) is 5.92 Å². The maximum absolute atomic E-state index is 6.05. The molecule has 0 rings (SSSR count). The molecule has 0 bridgehead atoms. The Morgan fingerprint density at radius 1 is 0.778 bits per heavy atom. The maximum atomic E-state index is 6.05. The van der Waals surface area contributed by atoms with Crippen molar-refractivity contribution in [1.82, 2.24) is 0 Å². The molecule has 0 saturated heterocycles. The van der Waals surface area contributed by atoms with E-state index < -0.39 is 8.80 Å². The number of rotatable bonds is 10. The second-order valence-electron chi connectivity index (χ2n) is 5.09. The summed E-state index contributed by atoms with van der Waals surface area (Å²) in [5.41, 5.74) is 0. The molecule has 18 heavy (non-hydrogen) atoms. The van der Waals surface area contributed by atoms with Gasteiger partial charge in [-0.15, -0.1) is 0 Å². The molecule has 4 heteroatoms. The summed E-state index contributed by atoms with van der Waals surface area (Å²) < 4.78 is 18.2. The van der Waals surface area contributed by atoms with Gasteiger partial charge >= 0.3 is 8.80 Å². The van der Waals surface area contributed by atoms with Crippen LogP contribution in [0, 0.1) is 5.92 Å². The molecule has 0 aliphatic carbocycles. The van der Waals surface area contributed by atoms with Crippen LogP contribution in [-0.4, -0.2) is 28.6 Å². The summed E-state index contributed by atoms with van der Waals surface area (Å²) in [4.78, 5) is 0. The SMILES string of the molecule is CCO[Si](OCC)(OCC)C(C)(C)C(CC)CC. The third-order valence-corrected chi connectivity index (χ3v) is 7.79. The van der Waals surface area contributed by atoms with E-state index in [1.807, 2.05) is 20.8 Å². The van der Waals surface area contributed by atoms with E-state index in [-0.39, 0.29) is 5.04 Å². The molecule has 0 aromatic heterocycles. The normalized spacial score (nSPS) is 13.3. The van der Waals surface area contributed by atoms with Gasteiger partial charge in [0, 0.05) is 24.9 Å². The highest BCUT2D eigenvalue weighted by Crippen LogP contribution is 2.48. The Balaban J connectivity index is 5.33. The summed E-state index contributed by atoms with van der Waals surface area (Å²) in [5.74, 6) is 0.564. The minimum atomic E-state index is -2.63. The number of hydrogen-bond donors (Lipinski definition) is 0. The molecule has 0 aliphatic heterocycles. The minimum Gasteiger partial charge on any atom is -0.373 e. The fourth-order valence-electron chi connectivity index (χ4n) is 2.81. The average molecular weight is 276 g/mol. The molecule has 0 heterocycles. The van der Waals surface area contributed by atoms with Crippen molar-refractivity contribution in [3.8, 4) is 0 Å². The second-order valence-corrected chi connectivity index (χ2v) is 8.36. The molecule has 0 fully saturated rings. The van der Waals surface area contributed by atoms with E-state index in [2.05, 4.69) is 27.7 Å². The van der Waals surface area contributed by atoms with Gasteiger partial charge < -0.3 is 13.3 Å². The van der Waals surface area contributed by atoms with Gasteiger partial charge in [0.1, 0.15) is 0 Å². The molecule has 0 unspecified atom stereocenters. The molecule has 0 radical (unpaired) electrons. The first-order valence-electron chi connectivity index (χ1n) is 7.37. The van der Waals surface area contributed by atoms with Gasteiger partial charge in [-0.2, -0.15) is 0 Å². The lowest BCUT2D eigenvalue weighted by molar-refractivity contribution is 0.0356. The Labute approximate surface area is 115 Å². The quantitative estimate of drug-likeness (QED) is 0.558. The van der Waals surface area contributed by atoms with E-state index in [0.29, 0.717) is 25.7 Å². The van der Waals surface area contributed by atoms with Gasteiger partial charge in [0.15, 0.2) is 0 Å². The van der Waals surface area contributed by atoms with Crippen molar-refractivity contribution in [1.29, 1.82) is 0 Å². The third-order valence-electron chi connectivity index (χ3n) is 3.80. The van der Waals surface area contributed by atoms with Crippen LogP contribution >= 0.6 is 0 Å². The van der Waals surface area contributed by atoms with Crippen molar-refractivity contribution in [2.45, 2.75) is 66.3 Å². The first-order valence-corrected chi connectivity index (χ1v) is 9.09. The van der Waals surface area contributed by atoms with Gasteiger partial charge in [0.2, 0.25) is 0 Å². The summed E-state index contributed by atoms with van der Waals surface area (Å²) in [5, 5.41) is -0.0431. The lowest BCUT2D eigenvalue weighted by Crippen LogP contribution is -2.57. The van der Waals surface area contributed by atoms with E-state index in [9.17, 15) is 0 Å². The van der Waals surface area contributed by atoms with Crippen LogP contribution in [0.1, 0.15) is 61.3 Å². The van der Waals surface area contributed by atoms with Crippen LogP contribution in [0.3, 0.4) is 0 Å². The largest absolute Gasteiger partial charge is 0.507 e. The van der Waals surface area contributed by atoms with Gasteiger partial charge in [0.05, 0.1) is 0 Å². The third kappa shape index (κ3) is 3.79. The van der Waals surface area contributed by atoms with Crippen LogP contribution in [0.2, 0.25) is 5.04 Å². The maximum Gasteiger partial charge on any atom is 0.507 e. The van der Waals surface area contributed by atoms with Crippen molar-refractivity contribution in [3.05, 3.63) is 0 Å². The zero-order valence-electron chi connectivity index (χ0n) is 13.3. The monoisotopic (exact) mass is 276 g/mol. The fraction of sp³-hybridized carbons (Fsp3) is 1.00. The van der Waals surface area contributed by atoms with Crippen LogP contribution in [0.25, 0.3) is 0 Å². The molecule has 0 atom stereocenters. The molecule has 3 nitrogen and oxygen atoms in total. The fourth-order valence-corrected chi connectivity index (χ4v) is 6.23. The first kappa shape index (κ1) is 18.1. The van der Waals surface area contributed by atoms with Crippen LogP contribution in [0.4, 0.5) is 0 Å². The Kier molecular flexibility index (Phi) is 8.35. The topological polar surface area (TPSA) is 27.7 Å². The molecule has 0 amide bonds. The van der Waals surface area contributed by atoms with Crippen molar-refractivity contribution >= 4 is 8.80 Å². The van der Waals surface area contributed by atoms with Crippen molar-refractivity contribution in [3.63, 3.8) is 0 Å². The Bertz CT molecular complexity index is 198. The molecular weight excluding hydrogens is 244 g/mol. The lowest BCUT2D eigenvalue weighted by atomic mass is 9.90. The Morgan fingerprint density at radius 2 is 1.11 bits per heavy atom. The smallest absolute Gasteiger partial charge is 0.373 e. The summed E-state index contributed by atoms with van der Waals surface area (Å²) in [6.45, 7) is 17.0. The first-order chi connectivity index (χ1) is 8.45. The molecular formula is C14H32O3Si. The lowest BCUT2D eigenvalue weighted by Gasteiger charge is -2.45. The van der Waals surface area contributed by atoms with Crippen LogP contribution in [0.5, 0.6) is 0 Å². The van der Waals surface area contributed by atoms with Gasteiger partial charge in [0.25, 0.3) is 0 Å². The van der Waals surface area contributed by atoms with Crippen LogP contribution in [0.15, 0.2) is 0 Å². The zero-order valence-corrected chi connectivity index (χ0v) is 14.3. The van der Waals surface area contributed by atoms with Crippen LogP contribution < -0.4 is 0 Å². The highest BCUT2D eigenvalue weighted by Gasteiger charge is 2.57. The second kappa shape index (κ2) is 8.30. The van der Waals surface area contributed by atoms with Crippen molar-refractivity contribution < 1.29 is 13.3 Å². The molecule has 0 saturated carbocycles. The summed E-state index contributed by atoms with van der Waals surface area (Å²) >= 11 is 0. The molecule has 0 aromatic carbocycles. The van der Waals surface area contributed by atoms with Gasteiger partial charge in [-0.3, -0.25) is 0 Å². The summed E-state index contributed by atoms with van der Waals surface area (Å²) in [6, 6.07) is 0. The van der Waals surface area contributed by atoms with Gasteiger partial charge in [-0.1, -0.05) is 40.5 Å². The van der Waals surface area contributed by atoms with E-state index in [1.54, 1.807) is 0 Å². The molecule has 0 aromatic rings.